The van der Waals surface area contributed by atoms with Gasteiger partial charge >= 0.3 is 11.9 Å². The molecule has 0 aromatic carbocycles. The van der Waals surface area contributed by atoms with E-state index in [1.165, 1.54) is 7.11 Å². The second-order valence-electron chi connectivity index (χ2n) is 1.57. The van der Waals surface area contributed by atoms with Crippen LogP contribution in [0.4, 0.5) is 0 Å². The molecule has 0 unspecified atom stereocenters. The summed E-state index contributed by atoms with van der Waals surface area (Å²) in [7, 11) is 1.25. The van der Waals surface area contributed by atoms with E-state index in [0.29, 0.717) is 0 Å². The fourth-order valence-corrected chi connectivity index (χ4v) is 0.365. The Morgan fingerprint density at radius 2 is 1.80 bits per heavy atom. The summed E-state index contributed by atoms with van der Waals surface area (Å²) in [5.41, 5.74) is 0. The maximum Gasteiger partial charge on any atom is 0.325 e. The number of carbonyl (C=O) groups excluding carboxylic acids is 2. The van der Waals surface area contributed by atoms with Crippen LogP contribution >= 0.6 is 0 Å². The number of esters is 1. The minimum atomic E-state index is -0.620. The second kappa shape index (κ2) is 4.75. The number of rotatable bonds is 3. The smallest absolute Gasteiger partial charge is 0.325 e. The van der Waals surface area contributed by atoms with Crippen LogP contribution in [0.2, 0.25) is 0 Å². The van der Waals surface area contributed by atoms with Gasteiger partial charge in [0.25, 0.3) is 0 Å². The molecule has 0 rings (SSSR count). The van der Waals surface area contributed by atoms with Gasteiger partial charge < -0.3 is 9.57 Å². The first-order valence-electron chi connectivity index (χ1n) is 2.67. The van der Waals surface area contributed by atoms with Gasteiger partial charge in [0.05, 0.1) is 20.0 Å². The van der Waals surface area contributed by atoms with Crippen LogP contribution in [0.1, 0.15) is 12.8 Å². The number of nitrogens with two attached hydrogens (primary N) is 1. The molecule has 0 atom stereocenters. The molecular formula is C5H9NO4. The van der Waals surface area contributed by atoms with E-state index in [4.69, 9.17) is 0 Å². The fourth-order valence-electron chi connectivity index (χ4n) is 0.365. The Hall–Kier alpha value is -1.10. The Morgan fingerprint density at radius 1 is 1.30 bits per heavy atom. The third-order valence-electron chi connectivity index (χ3n) is 0.892. The number of ether oxygens (including phenoxy) is 1. The van der Waals surface area contributed by atoms with E-state index >= 15 is 0 Å². The van der Waals surface area contributed by atoms with Gasteiger partial charge in [0.2, 0.25) is 0 Å². The van der Waals surface area contributed by atoms with Gasteiger partial charge in [-0.25, -0.2) is 0 Å². The van der Waals surface area contributed by atoms with Crippen LogP contribution in [0.15, 0.2) is 0 Å². The van der Waals surface area contributed by atoms with Crippen LogP contribution in [0.5, 0.6) is 0 Å². The third kappa shape index (κ3) is 3.85. The topological polar surface area (TPSA) is 78.6 Å². The number of hydrogen-bond donors (Lipinski definition) is 1. The molecule has 0 bridgehead atoms. The summed E-state index contributed by atoms with van der Waals surface area (Å²) < 4.78 is 4.26. The van der Waals surface area contributed by atoms with E-state index in [9.17, 15) is 9.59 Å². The summed E-state index contributed by atoms with van der Waals surface area (Å²) in [5.74, 6) is 3.42. The summed E-state index contributed by atoms with van der Waals surface area (Å²) in [4.78, 5) is 24.4. The monoisotopic (exact) mass is 147 g/mol. The first kappa shape index (κ1) is 8.90. The molecule has 2 N–H and O–H groups in total. The molecular weight excluding hydrogens is 138 g/mol. The summed E-state index contributed by atoms with van der Waals surface area (Å²) in [6, 6.07) is 0. The van der Waals surface area contributed by atoms with Crippen molar-refractivity contribution in [1.82, 2.24) is 0 Å². The van der Waals surface area contributed by atoms with Crippen molar-refractivity contribution in [3.63, 3.8) is 0 Å². The molecule has 0 fully saturated rings. The zero-order valence-electron chi connectivity index (χ0n) is 5.62. The number of methoxy groups -OCH3 is 1. The summed E-state index contributed by atoms with van der Waals surface area (Å²) in [6.07, 6.45) is -0.0320. The largest absolute Gasteiger partial charge is 0.469 e. The lowest BCUT2D eigenvalue weighted by Crippen LogP contribution is -2.12. The van der Waals surface area contributed by atoms with Crippen molar-refractivity contribution in [3.8, 4) is 0 Å². The highest BCUT2D eigenvalue weighted by Gasteiger charge is 2.05. The Bertz CT molecular complexity index is 118. The molecule has 0 saturated carbocycles. The van der Waals surface area contributed by atoms with Crippen LogP contribution in [0.3, 0.4) is 0 Å². The van der Waals surface area contributed by atoms with Gasteiger partial charge in [-0.1, -0.05) is 0 Å². The quantitative estimate of drug-likeness (QED) is 0.424. The van der Waals surface area contributed by atoms with Crippen molar-refractivity contribution >= 4 is 11.9 Å². The lowest BCUT2D eigenvalue weighted by Gasteiger charge is -1.96. The maximum absolute atomic E-state index is 10.4. The minimum Gasteiger partial charge on any atom is -0.469 e. The van der Waals surface area contributed by atoms with Crippen LogP contribution in [0, 0.1) is 0 Å². The molecule has 0 aromatic rings. The lowest BCUT2D eigenvalue weighted by atomic mass is 10.3. The minimum absolute atomic E-state index is 0.00648. The van der Waals surface area contributed by atoms with Crippen molar-refractivity contribution < 1.29 is 19.2 Å². The van der Waals surface area contributed by atoms with Gasteiger partial charge in [0.15, 0.2) is 0 Å². The average molecular weight is 147 g/mol. The molecule has 0 heterocycles. The Morgan fingerprint density at radius 3 is 2.20 bits per heavy atom. The van der Waals surface area contributed by atoms with E-state index in [0.717, 1.165) is 0 Å². The zero-order valence-corrected chi connectivity index (χ0v) is 5.62. The molecule has 5 heteroatoms. The Labute approximate surface area is 58.0 Å². The van der Waals surface area contributed by atoms with Crippen molar-refractivity contribution in [1.29, 1.82) is 0 Å². The molecule has 0 aliphatic heterocycles. The van der Waals surface area contributed by atoms with Crippen LogP contribution in [-0.2, 0) is 19.2 Å². The molecule has 5 nitrogen and oxygen atoms in total. The maximum atomic E-state index is 10.4. The van der Waals surface area contributed by atoms with E-state index in [-0.39, 0.29) is 12.8 Å². The van der Waals surface area contributed by atoms with Gasteiger partial charge in [-0.3, -0.25) is 9.59 Å². The molecule has 0 aromatic heterocycles. The van der Waals surface area contributed by atoms with Gasteiger partial charge in [0.1, 0.15) is 0 Å². The SMILES string of the molecule is COC(=O)CCC(=O)ON. The Balaban J connectivity index is 3.35. The first-order chi connectivity index (χ1) is 4.70. The van der Waals surface area contributed by atoms with Crippen LogP contribution < -0.4 is 5.90 Å². The van der Waals surface area contributed by atoms with Crippen molar-refractivity contribution in [3.05, 3.63) is 0 Å². The third-order valence-corrected chi connectivity index (χ3v) is 0.892. The molecule has 0 saturated heterocycles. The van der Waals surface area contributed by atoms with Gasteiger partial charge in [-0.05, 0) is 0 Å². The van der Waals surface area contributed by atoms with Crippen LogP contribution in [-0.4, -0.2) is 19.0 Å². The standard InChI is InChI=1S/C5H9NO4/c1-9-4(7)2-3-5(8)10-6/h2-3,6H2,1H3. The molecule has 0 aliphatic carbocycles. The van der Waals surface area contributed by atoms with Crippen LogP contribution in [0.25, 0.3) is 0 Å². The zero-order chi connectivity index (χ0) is 7.98. The lowest BCUT2D eigenvalue weighted by molar-refractivity contribution is -0.149. The molecule has 0 amide bonds. The number of hydrogen-bond acceptors (Lipinski definition) is 5. The summed E-state index contributed by atoms with van der Waals surface area (Å²) in [5, 5.41) is 0. The molecule has 10 heavy (non-hydrogen) atoms. The highest BCUT2D eigenvalue weighted by atomic mass is 16.7. The fraction of sp³-hybridized carbons (Fsp3) is 0.600. The van der Waals surface area contributed by atoms with E-state index < -0.39 is 11.9 Å². The predicted molar refractivity (Wildman–Crippen MR) is 31.5 cm³/mol. The van der Waals surface area contributed by atoms with Crippen molar-refractivity contribution in [2.45, 2.75) is 12.8 Å². The summed E-state index contributed by atoms with van der Waals surface area (Å²) in [6.45, 7) is 0. The Kier molecular flexibility index (Phi) is 4.23. The van der Waals surface area contributed by atoms with E-state index in [1.54, 1.807) is 0 Å². The van der Waals surface area contributed by atoms with Crippen molar-refractivity contribution in [2.24, 2.45) is 5.90 Å². The van der Waals surface area contributed by atoms with Gasteiger partial charge in [-0.2, -0.15) is 5.90 Å². The normalized spacial score (nSPS) is 8.60. The van der Waals surface area contributed by atoms with Crippen molar-refractivity contribution in [2.75, 3.05) is 7.11 Å². The highest BCUT2D eigenvalue weighted by Crippen LogP contribution is 1.91. The molecule has 58 valence electrons. The second-order valence-corrected chi connectivity index (χ2v) is 1.57. The van der Waals surface area contributed by atoms with E-state index in [2.05, 4.69) is 15.5 Å². The summed E-state index contributed by atoms with van der Waals surface area (Å²) >= 11 is 0. The average Bonchev–Trinajstić information content (AvgIpc) is 1.99. The first-order valence-corrected chi connectivity index (χ1v) is 2.67. The molecule has 0 spiro atoms. The molecule has 0 aliphatic rings. The van der Waals surface area contributed by atoms with Gasteiger partial charge in [-0.15, -0.1) is 0 Å². The number of carbonyl (C=O) groups is 2. The predicted octanol–water partition coefficient (Wildman–Crippen LogP) is -0.644. The molecule has 0 radical (unpaired) electrons. The highest BCUT2D eigenvalue weighted by molar-refractivity contribution is 5.77. The van der Waals surface area contributed by atoms with E-state index in [1.807, 2.05) is 0 Å². The van der Waals surface area contributed by atoms with Gasteiger partial charge in [0, 0.05) is 0 Å².